The Bertz CT molecular complexity index is 328. The van der Waals surface area contributed by atoms with Crippen LogP contribution in [0.4, 0.5) is 0 Å². The summed E-state index contributed by atoms with van der Waals surface area (Å²) in [5.41, 5.74) is 5.92. The molecule has 0 aromatic heterocycles. The van der Waals surface area contributed by atoms with Gasteiger partial charge in [0.05, 0.1) is 0 Å². The second-order valence-electron chi connectivity index (χ2n) is 6.85. The Kier molecular flexibility index (Phi) is 6.45. The molecule has 2 heterocycles. The van der Waals surface area contributed by atoms with Crippen LogP contribution in [0.15, 0.2) is 0 Å². The summed E-state index contributed by atoms with van der Waals surface area (Å²) in [6.07, 6.45) is 5.82. The minimum Gasteiger partial charge on any atom is -0.354 e. The zero-order chi connectivity index (χ0) is 15.2. The van der Waals surface area contributed by atoms with E-state index in [-0.39, 0.29) is 18.0 Å². The van der Waals surface area contributed by atoms with Gasteiger partial charge in [-0.3, -0.25) is 14.6 Å². The van der Waals surface area contributed by atoms with Gasteiger partial charge in [0.1, 0.15) is 0 Å². The van der Waals surface area contributed by atoms with Crippen molar-refractivity contribution >= 4 is 5.91 Å². The summed E-state index contributed by atoms with van der Waals surface area (Å²) in [7, 11) is 0. The molecule has 2 fully saturated rings. The summed E-state index contributed by atoms with van der Waals surface area (Å²) in [5, 5.41) is 2.97. The lowest BCUT2D eigenvalue weighted by Crippen LogP contribution is -2.46. The fourth-order valence-corrected chi connectivity index (χ4v) is 3.64. The van der Waals surface area contributed by atoms with Gasteiger partial charge in [-0.2, -0.15) is 0 Å². The van der Waals surface area contributed by atoms with Gasteiger partial charge < -0.3 is 11.1 Å². The molecule has 0 spiro atoms. The van der Waals surface area contributed by atoms with Crippen LogP contribution in [-0.2, 0) is 4.79 Å². The van der Waals surface area contributed by atoms with Crippen LogP contribution in [0.25, 0.3) is 0 Å². The SMILES string of the molecule is CC(C)NC(=O)CC(CN)N1CCC(N2CCCCC2)C1. The highest BCUT2D eigenvalue weighted by atomic mass is 16.1. The minimum absolute atomic E-state index is 0.127. The summed E-state index contributed by atoms with van der Waals surface area (Å²) >= 11 is 0. The fraction of sp³-hybridized carbons (Fsp3) is 0.938. The van der Waals surface area contributed by atoms with E-state index >= 15 is 0 Å². The molecule has 2 unspecified atom stereocenters. The molecule has 2 aliphatic rings. The predicted octanol–water partition coefficient (Wildman–Crippen LogP) is 0.789. The van der Waals surface area contributed by atoms with Gasteiger partial charge in [0.2, 0.25) is 5.91 Å². The molecule has 0 bridgehead atoms. The van der Waals surface area contributed by atoms with Crippen molar-refractivity contribution in [3.63, 3.8) is 0 Å². The molecule has 0 saturated carbocycles. The first-order valence-electron chi connectivity index (χ1n) is 8.57. The van der Waals surface area contributed by atoms with Crippen molar-refractivity contribution in [2.45, 2.75) is 64.1 Å². The van der Waals surface area contributed by atoms with E-state index in [1.54, 1.807) is 0 Å². The fourth-order valence-electron chi connectivity index (χ4n) is 3.64. The molecule has 5 heteroatoms. The first kappa shape index (κ1) is 16.7. The maximum absolute atomic E-state index is 12.0. The van der Waals surface area contributed by atoms with Crippen LogP contribution in [0.5, 0.6) is 0 Å². The van der Waals surface area contributed by atoms with Gasteiger partial charge in [0.25, 0.3) is 0 Å². The molecule has 0 aromatic carbocycles. The summed E-state index contributed by atoms with van der Waals surface area (Å²) in [5.74, 6) is 0.127. The predicted molar refractivity (Wildman–Crippen MR) is 86.1 cm³/mol. The number of rotatable bonds is 6. The maximum Gasteiger partial charge on any atom is 0.221 e. The van der Waals surface area contributed by atoms with E-state index in [2.05, 4.69) is 15.1 Å². The van der Waals surface area contributed by atoms with Crippen LogP contribution in [0.2, 0.25) is 0 Å². The van der Waals surface area contributed by atoms with Gasteiger partial charge in [-0.05, 0) is 46.2 Å². The summed E-state index contributed by atoms with van der Waals surface area (Å²) < 4.78 is 0. The topological polar surface area (TPSA) is 61.6 Å². The van der Waals surface area contributed by atoms with Gasteiger partial charge in [-0.25, -0.2) is 0 Å². The molecule has 21 heavy (non-hydrogen) atoms. The zero-order valence-electron chi connectivity index (χ0n) is 13.7. The Hall–Kier alpha value is -0.650. The zero-order valence-corrected chi connectivity index (χ0v) is 13.7. The molecule has 1 amide bonds. The smallest absolute Gasteiger partial charge is 0.221 e. The molecular weight excluding hydrogens is 264 g/mol. The van der Waals surface area contributed by atoms with Crippen LogP contribution in [0.3, 0.4) is 0 Å². The number of piperidine rings is 1. The monoisotopic (exact) mass is 296 g/mol. The Morgan fingerprint density at radius 3 is 2.57 bits per heavy atom. The highest BCUT2D eigenvalue weighted by Gasteiger charge is 2.32. The molecule has 2 aliphatic heterocycles. The van der Waals surface area contributed by atoms with Gasteiger partial charge in [0.15, 0.2) is 0 Å². The molecule has 5 nitrogen and oxygen atoms in total. The van der Waals surface area contributed by atoms with Crippen molar-refractivity contribution in [3.8, 4) is 0 Å². The average Bonchev–Trinajstić information content (AvgIpc) is 2.94. The molecule has 122 valence electrons. The van der Waals surface area contributed by atoms with Crippen LogP contribution < -0.4 is 11.1 Å². The largest absolute Gasteiger partial charge is 0.354 e. The second kappa shape index (κ2) is 8.11. The highest BCUT2D eigenvalue weighted by molar-refractivity contribution is 5.76. The van der Waals surface area contributed by atoms with E-state index in [0.717, 1.165) is 13.1 Å². The lowest BCUT2D eigenvalue weighted by Gasteiger charge is -2.33. The first-order valence-corrected chi connectivity index (χ1v) is 8.57. The normalized spacial score (nSPS) is 26.2. The Labute approximate surface area is 129 Å². The van der Waals surface area contributed by atoms with E-state index in [1.807, 2.05) is 13.8 Å². The van der Waals surface area contributed by atoms with E-state index in [9.17, 15) is 4.79 Å². The quantitative estimate of drug-likeness (QED) is 0.761. The Balaban J connectivity index is 1.81. The van der Waals surface area contributed by atoms with Crippen LogP contribution in [0.1, 0.15) is 46.0 Å². The third kappa shape index (κ3) is 4.94. The summed E-state index contributed by atoms with van der Waals surface area (Å²) in [6, 6.07) is 1.07. The molecule has 0 aliphatic carbocycles. The highest BCUT2D eigenvalue weighted by Crippen LogP contribution is 2.22. The van der Waals surface area contributed by atoms with E-state index in [0.29, 0.717) is 19.0 Å². The standard InChI is InChI=1S/C16H32N4O/c1-13(2)18-16(21)10-15(11-17)20-9-6-14(12-20)19-7-4-3-5-8-19/h13-15H,3-12,17H2,1-2H3,(H,18,21). The second-order valence-corrected chi connectivity index (χ2v) is 6.85. The van der Waals surface area contributed by atoms with Crippen molar-refractivity contribution in [1.82, 2.24) is 15.1 Å². The third-order valence-electron chi connectivity index (χ3n) is 4.76. The lowest BCUT2D eigenvalue weighted by atomic mass is 10.1. The molecule has 0 aromatic rings. The molecule has 2 rings (SSSR count). The minimum atomic E-state index is 0.127. The third-order valence-corrected chi connectivity index (χ3v) is 4.76. The number of hydrogen-bond donors (Lipinski definition) is 2. The summed E-state index contributed by atoms with van der Waals surface area (Å²) in [4.78, 5) is 17.0. The van der Waals surface area contributed by atoms with Crippen molar-refractivity contribution in [1.29, 1.82) is 0 Å². The Morgan fingerprint density at radius 2 is 1.95 bits per heavy atom. The van der Waals surface area contributed by atoms with Gasteiger partial charge >= 0.3 is 0 Å². The molecule has 3 N–H and O–H groups in total. The molecular formula is C16H32N4O. The van der Waals surface area contributed by atoms with Gasteiger partial charge in [-0.1, -0.05) is 6.42 Å². The number of nitrogens with one attached hydrogen (secondary N) is 1. The van der Waals surface area contributed by atoms with E-state index < -0.39 is 0 Å². The number of nitrogens with zero attached hydrogens (tertiary/aromatic N) is 2. The van der Waals surface area contributed by atoms with E-state index in [1.165, 1.54) is 38.8 Å². The van der Waals surface area contributed by atoms with Crippen LogP contribution >= 0.6 is 0 Å². The van der Waals surface area contributed by atoms with Crippen LogP contribution in [-0.4, -0.2) is 66.6 Å². The molecule has 2 atom stereocenters. The Morgan fingerprint density at radius 1 is 1.24 bits per heavy atom. The number of likely N-dealkylation sites (tertiary alicyclic amines) is 2. The number of hydrogen-bond acceptors (Lipinski definition) is 4. The van der Waals surface area contributed by atoms with Crippen LogP contribution in [0, 0.1) is 0 Å². The molecule has 0 radical (unpaired) electrons. The molecule has 2 saturated heterocycles. The maximum atomic E-state index is 12.0. The number of carbonyl (C=O) groups is 1. The lowest BCUT2D eigenvalue weighted by molar-refractivity contribution is -0.122. The van der Waals surface area contributed by atoms with Gasteiger partial charge in [-0.15, -0.1) is 0 Å². The summed E-state index contributed by atoms with van der Waals surface area (Å²) in [6.45, 7) is 9.22. The van der Waals surface area contributed by atoms with Crippen molar-refractivity contribution in [2.24, 2.45) is 5.73 Å². The van der Waals surface area contributed by atoms with E-state index in [4.69, 9.17) is 5.73 Å². The van der Waals surface area contributed by atoms with Crippen molar-refractivity contribution in [3.05, 3.63) is 0 Å². The number of carbonyl (C=O) groups excluding carboxylic acids is 1. The first-order chi connectivity index (χ1) is 10.1. The van der Waals surface area contributed by atoms with Gasteiger partial charge in [0, 0.05) is 44.2 Å². The number of amides is 1. The van der Waals surface area contributed by atoms with Crippen molar-refractivity contribution < 1.29 is 4.79 Å². The van der Waals surface area contributed by atoms with Crippen molar-refractivity contribution in [2.75, 3.05) is 32.7 Å². The number of nitrogens with two attached hydrogens (primary N) is 1. The average molecular weight is 296 g/mol.